The molecule has 3 aromatic rings. The molecule has 10 nitrogen and oxygen atoms in total. The topological polar surface area (TPSA) is 114 Å². The summed E-state index contributed by atoms with van der Waals surface area (Å²) in [6, 6.07) is 9.93. The van der Waals surface area contributed by atoms with Crippen molar-refractivity contribution in [2.75, 3.05) is 35.7 Å². The Hall–Kier alpha value is -4.09. The number of hydrogen-bond acceptors (Lipinski definition) is 9. The summed E-state index contributed by atoms with van der Waals surface area (Å²) in [7, 11) is 1.44. The van der Waals surface area contributed by atoms with E-state index in [0.29, 0.717) is 35.9 Å². The number of anilines is 3. The van der Waals surface area contributed by atoms with Crippen molar-refractivity contribution in [1.82, 2.24) is 20.4 Å². The van der Waals surface area contributed by atoms with Crippen LogP contribution in [0.15, 0.2) is 42.6 Å². The molecule has 0 bridgehead atoms. The van der Waals surface area contributed by atoms with Crippen LogP contribution in [-0.2, 0) is 4.79 Å². The van der Waals surface area contributed by atoms with Gasteiger partial charge in [-0.05, 0) is 36.2 Å². The van der Waals surface area contributed by atoms with E-state index in [1.54, 1.807) is 24.4 Å². The van der Waals surface area contributed by atoms with Gasteiger partial charge in [-0.1, -0.05) is 12.1 Å². The fourth-order valence-corrected chi connectivity index (χ4v) is 3.83. The molecule has 1 saturated heterocycles. The van der Waals surface area contributed by atoms with Crippen LogP contribution in [0.25, 0.3) is 11.1 Å². The first-order valence-corrected chi connectivity index (χ1v) is 10.5. The number of carbonyl (C=O) groups is 1. The number of halogens is 2. The number of nitrogens with zero attached hydrogens (tertiary/aromatic N) is 5. The fraction of sp³-hybridized carbons (Fsp3) is 0.318. The summed E-state index contributed by atoms with van der Waals surface area (Å²) in [4.78, 5) is 13.7. The summed E-state index contributed by atoms with van der Waals surface area (Å²) in [5, 5.41) is 22.4. The van der Waals surface area contributed by atoms with Crippen molar-refractivity contribution in [2.45, 2.75) is 26.0 Å². The molecule has 0 aliphatic carbocycles. The van der Waals surface area contributed by atoms with Crippen molar-refractivity contribution >= 4 is 23.4 Å². The number of amides is 1. The van der Waals surface area contributed by atoms with Crippen LogP contribution in [0.5, 0.6) is 11.5 Å². The van der Waals surface area contributed by atoms with Gasteiger partial charge in [0.15, 0.2) is 17.4 Å². The summed E-state index contributed by atoms with van der Waals surface area (Å²) in [6.45, 7) is -0.396. The molecule has 3 heterocycles. The maximum atomic E-state index is 12.8. The van der Waals surface area contributed by atoms with E-state index >= 15 is 0 Å². The second-order valence-electron chi connectivity index (χ2n) is 7.55. The third-order valence-electron chi connectivity index (χ3n) is 5.17. The molecule has 1 aromatic carbocycles. The predicted octanol–water partition coefficient (Wildman–Crippen LogP) is 3.19. The van der Waals surface area contributed by atoms with Gasteiger partial charge in [0.25, 0.3) is 0 Å². The standard InChI is InChI=1S/C22H23F2N7O3/c1-13(32)26-20-19(33-2)18(14-5-3-6-16(11-14)34-22(23)24)21(30-29-20)31-10-8-15(12-31)27-17-7-4-9-25-28-17/h3-7,9,11,15,22H,8,10,12H2,1-2H3,(H,27,28)(H,26,29,32)/t15-/m1/s1. The van der Waals surface area contributed by atoms with Crippen LogP contribution >= 0.6 is 0 Å². The molecule has 1 amide bonds. The number of aromatic nitrogens is 4. The second-order valence-corrected chi connectivity index (χ2v) is 7.55. The fourth-order valence-electron chi connectivity index (χ4n) is 3.83. The first-order chi connectivity index (χ1) is 16.4. The van der Waals surface area contributed by atoms with E-state index in [-0.39, 0.29) is 29.3 Å². The third kappa shape index (κ3) is 5.27. The van der Waals surface area contributed by atoms with E-state index in [4.69, 9.17) is 4.74 Å². The molecule has 0 saturated carbocycles. The highest BCUT2D eigenvalue weighted by Gasteiger charge is 2.29. The summed E-state index contributed by atoms with van der Waals surface area (Å²) < 4.78 is 35.8. The Kier molecular flexibility index (Phi) is 6.95. The minimum absolute atomic E-state index is 0.0120. The van der Waals surface area contributed by atoms with Gasteiger partial charge in [-0.3, -0.25) is 4.79 Å². The van der Waals surface area contributed by atoms with E-state index in [9.17, 15) is 13.6 Å². The first kappa shape index (κ1) is 23.1. The molecule has 1 aliphatic heterocycles. The van der Waals surface area contributed by atoms with Crippen molar-refractivity contribution in [3.63, 3.8) is 0 Å². The largest absolute Gasteiger partial charge is 0.492 e. The number of ether oxygens (including phenoxy) is 2. The lowest BCUT2D eigenvalue weighted by molar-refractivity contribution is -0.114. The normalized spacial score (nSPS) is 15.3. The Labute approximate surface area is 194 Å². The molecular weight excluding hydrogens is 448 g/mol. The number of methoxy groups -OCH3 is 1. The molecule has 0 radical (unpaired) electrons. The summed E-state index contributed by atoms with van der Waals surface area (Å²) in [6.07, 6.45) is 2.39. The number of alkyl halides is 2. The van der Waals surface area contributed by atoms with Crippen LogP contribution in [0, 0.1) is 0 Å². The van der Waals surface area contributed by atoms with E-state index in [1.165, 1.54) is 26.2 Å². The van der Waals surface area contributed by atoms with Crippen LogP contribution in [-0.4, -0.2) is 59.2 Å². The van der Waals surface area contributed by atoms with E-state index in [1.807, 2.05) is 11.0 Å². The number of carbonyl (C=O) groups excluding carboxylic acids is 1. The maximum Gasteiger partial charge on any atom is 0.387 e. The molecule has 34 heavy (non-hydrogen) atoms. The minimum atomic E-state index is -2.96. The van der Waals surface area contributed by atoms with Gasteiger partial charge >= 0.3 is 6.61 Å². The Morgan fingerprint density at radius 1 is 1.21 bits per heavy atom. The molecule has 0 spiro atoms. The van der Waals surface area contributed by atoms with E-state index < -0.39 is 6.61 Å². The van der Waals surface area contributed by atoms with Crippen molar-refractivity contribution in [2.24, 2.45) is 0 Å². The van der Waals surface area contributed by atoms with Gasteiger partial charge in [-0.15, -0.1) is 15.3 Å². The lowest BCUT2D eigenvalue weighted by Crippen LogP contribution is -2.28. The Bertz CT molecular complexity index is 1150. The van der Waals surface area contributed by atoms with Gasteiger partial charge in [-0.2, -0.15) is 13.9 Å². The molecule has 1 atom stereocenters. The molecule has 1 fully saturated rings. The Morgan fingerprint density at radius 3 is 2.76 bits per heavy atom. The molecular formula is C22H23F2N7O3. The SMILES string of the molecule is COc1c(NC(C)=O)nnc(N2CC[C@@H](Nc3cccnn3)C2)c1-c1cccc(OC(F)F)c1. The first-order valence-electron chi connectivity index (χ1n) is 10.5. The average Bonchev–Trinajstić information content (AvgIpc) is 3.27. The monoisotopic (exact) mass is 471 g/mol. The van der Waals surface area contributed by atoms with Crippen LogP contribution in [0.2, 0.25) is 0 Å². The van der Waals surface area contributed by atoms with Crippen molar-refractivity contribution in [1.29, 1.82) is 0 Å². The molecule has 2 aromatic heterocycles. The number of hydrogen-bond donors (Lipinski definition) is 2. The smallest absolute Gasteiger partial charge is 0.387 e. The van der Waals surface area contributed by atoms with Gasteiger partial charge in [0.1, 0.15) is 11.6 Å². The van der Waals surface area contributed by atoms with Crippen molar-refractivity contribution < 1.29 is 23.0 Å². The third-order valence-corrected chi connectivity index (χ3v) is 5.17. The zero-order chi connectivity index (χ0) is 24.1. The van der Waals surface area contributed by atoms with Crippen LogP contribution < -0.4 is 25.0 Å². The molecule has 0 unspecified atom stereocenters. The van der Waals surface area contributed by atoms with Crippen LogP contribution in [0.3, 0.4) is 0 Å². The van der Waals surface area contributed by atoms with Gasteiger partial charge in [0, 0.05) is 32.3 Å². The number of nitrogens with one attached hydrogen (secondary N) is 2. The maximum absolute atomic E-state index is 12.8. The van der Waals surface area contributed by atoms with E-state index in [2.05, 4.69) is 35.8 Å². The molecule has 178 valence electrons. The lowest BCUT2D eigenvalue weighted by atomic mass is 10.0. The van der Waals surface area contributed by atoms with E-state index in [0.717, 1.165) is 6.42 Å². The second kappa shape index (κ2) is 10.2. The van der Waals surface area contributed by atoms with Gasteiger partial charge in [-0.25, -0.2) is 0 Å². The molecule has 4 rings (SSSR count). The average molecular weight is 471 g/mol. The van der Waals surface area contributed by atoms with Crippen LogP contribution in [0.4, 0.5) is 26.2 Å². The Morgan fingerprint density at radius 2 is 2.06 bits per heavy atom. The summed E-state index contributed by atoms with van der Waals surface area (Å²) >= 11 is 0. The zero-order valence-electron chi connectivity index (χ0n) is 18.5. The highest BCUT2D eigenvalue weighted by atomic mass is 19.3. The van der Waals surface area contributed by atoms with Gasteiger partial charge < -0.3 is 25.0 Å². The molecule has 12 heteroatoms. The van der Waals surface area contributed by atoms with Gasteiger partial charge in [0.2, 0.25) is 5.91 Å². The summed E-state index contributed by atoms with van der Waals surface area (Å²) in [5.74, 6) is 1.18. The van der Waals surface area contributed by atoms with Crippen molar-refractivity contribution in [3.05, 3.63) is 42.6 Å². The van der Waals surface area contributed by atoms with Gasteiger partial charge in [0.05, 0.1) is 12.7 Å². The highest BCUT2D eigenvalue weighted by molar-refractivity contribution is 5.93. The summed E-state index contributed by atoms with van der Waals surface area (Å²) in [5.41, 5.74) is 1.03. The zero-order valence-corrected chi connectivity index (χ0v) is 18.5. The highest BCUT2D eigenvalue weighted by Crippen LogP contribution is 2.42. The Balaban J connectivity index is 1.72. The molecule has 1 aliphatic rings. The number of benzene rings is 1. The van der Waals surface area contributed by atoms with Crippen LogP contribution in [0.1, 0.15) is 13.3 Å². The quantitative estimate of drug-likeness (QED) is 0.511. The molecule has 2 N–H and O–H groups in total. The predicted molar refractivity (Wildman–Crippen MR) is 121 cm³/mol. The lowest BCUT2D eigenvalue weighted by Gasteiger charge is -2.23. The minimum Gasteiger partial charge on any atom is -0.492 e. The number of rotatable bonds is 8. The van der Waals surface area contributed by atoms with Crippen molar-refractivity contribution in [3.8, 4) is 22.6 Å².